The van der Waals surface area contributed by atoms with E-state index in [1.807, 2.05) is 11.3 Å². The van der Waals surface area contributed by atoms with Gasteiger partial charge in [0.1, 0.15) is 17.0 Å². The third kappa shape index (κ3) is 3.94. The van der Waals surface area contributed by atoms with Crippen LogP contribution in [0, 0.1) is 0 Å². The number of nitrogens with one attached hydrogen (secondary N) is 1. The Morgan fingerprint density at radius 2 is 2.00 bits per heavy atom. The molecule has 2 aliphatic rings. The van der Waals surface area contributed by atoms with Gasteiger partial charge in [-0.25, -0.2) is 9.97 Å². The fourth-order valence-electron chi connectivity index (χ4n) is 4.06. The summed E-state index contributed by atoms with van der Waals surface area (Å²) in [7, 11) is 0. The van der Waals surface area contributed by atoms with E-state index in [9.17, 15) is 4.79 Å². The number of hydrogen-bond acceptors (Lipinski definition) is 6. The molecule has 0 aromatic carbocycles. The monoisotopic (exact) mass is 387 g/mol. The molecule has 0 radical (unpaired) electrons. The molecule has 1 saturated heterocycles. The van der Waals surface area contributed by atoms with Crippen molar-refractivity contribution in [3.05, 3.63) is 16.8 Å². The summed E-state index contributed by atoms with van der Waals surface area (Å²) in [5.41, 5.74) is 1.49. The molecule has 2 aromatic rings. The van der Waals surface area contributed by atoms with Gasteiger partial charge in [-0.3, -0.25) is 9.69 Å². The van der Waals surface area contributed by atoms with Crippen LogP contribution in [0.25, 0.3) is 10.2 Å². The molecule has 1 N–H and O–H groups in total. The number of aryl methyl sites for hydroxylation is 2. The minimum absolute atomic E-state index is 0.133. The van der Waals surface area contributed by atoms with Crippen molar-refractivity contribution in [2.24, 2.45) is 0 Å². The average Bonchev–Trinajstić information content (AvgIpc) is 3.07. The predicted octanol–water partition coefficient (Wildman–Crippen LogP) is 2.61. The molecule has 1 aliphatic heterocycles. The van der Waals surface area contributed by atoms with Crippen molar-refractivity contribution < 1.29 is 4.79 Å². The largest absolute Gasteiger partial charge is 0.353 e. The highest BCUT2D eigenvalue weighted by Crippen LogP contribution is 2.39. The average molecular weight is 388 g/mol. The van der Waals surface area contributed by atoms with Crippen LogP contribution >= 0.6 is 11.3 Å². The van der Waals surface area contributed by atoms with E-state index in [2.05, 4.69) is 38.9 Å². The number of fused-ring (bicyclic) bond motifs is 3. The van der Waals surface area contributed by atoms with Crippen LogP contribution in [-0.4, -0.2) is 59.5 Å². The van der Waals surface area contributed by atoms with Gasteiger partial charge in [-0.2, -0.15) is 0 Å². The Morgan fingerprint density at radius 3 is 2.78 bits per heavy atom. The van der Waals surface area contributed by atoms with Crippen LogP contribution in [0.3, 0.4) is 0 Å². The molecule has 7 heteroatoms. The third-order valence-corrected chi connectivity index (χ3v) is 6.99. The van der Waals surface area contributed by atoms with Gasteiger partial charge < -0.3 is 10.2 Å². The molecular formula is C20H29N5OS. The number of rotatable bonds is 5. The minimum Gasteiger partial charge on any atom is -0.353 e. The number of anilines is 1. The summed E-state index contributed by atoms with van der Waals surface area (Å²) in [4.78, 5) is 28.6. The maximum absolute atomic E-state index is 12.1. The Kier molecular flexibility index (Phi) is 5.59. The zero-order valence-corrected chi connectivity index (χ0v) is 17.1. The van der Waals surface area contributed by atoms with Crippen molar-refractivity contribution in [2.45, 2.75) is 52.0 Å². The Balaban J connectivity index is 1.44. The van der Waals surface area contributed by atoms with E-state index in [0.717, 1.165) is 49.7 Å². The van der Waals surface area contributed by atoms with Gasteiger partial charge in [-0.15, -0.1) is 11.3 Å². The van der Waals surface area contributed by atoms with E-state index in [0.29, 0.717) is 6.54 Å². The first-order valence-corrected chi connectivity index (χ1v) is 11.0. The zero-order valence-electron chi connectivity index (χ0n) is 16.3. The van der Waals surface area contributed by atoms with E-state index < -0.39 is 0 Å². The molecule has 1 aliphatic carbocycles. The quantitative estimate of drug-likeness (QED) is 0.855. The lowest BCUT2D eigenvalue weighted by Gasteiger charge is -2.35. The van der Waals surface area contributed by atoms with Crippen molar-refractivity contribution in [3.8, 4) is 0 Å². The number of hydrogen-bond donors (Lipinski definition) is 1. The van der Waals surface area contributed by atoms with Gasteiger partial charge in [-0.05, 0) is 44.6 Å². The number of amides is 1. The summed E-state index contributed by atoms with van der Waals surface area (Å²) in [5, 5.41) is 4.35. The van der Waals surface area contributed by atoms with E-state index in [1.54, 1.807) is 6.33 Å². The summed E-state index contributed by atoms with van der Waals surface area (Å²) in [6.07, 6.45) is 7.59. The van der Waals surface area contributed by atoms with Crippen LogP contribution in [0.15, 0.2) is 6.33 Å². The Labute approximate surface area is 165 Å². The van der Waals surface area contributed by atoms with Crippen molar-refractivity contribution in [3.63, 3.8) is 0 Å². The van der Waals surface area contributed by atoms with Gasteiger partial charge in [0.25, 0.3) is 0 Å². The highest BCUT2D eigenvalue weighted by Gasteiger charge is 2.25. The first kappa shape index (κ1) is 18.6. The molecule has 1 fully saturated rings. The molecule has 3 heterocycles. The number of aromatic nitrogens is 2. The van der Waals surface area contributed by atoms with Gasteiger partial charge in [-0.1, -0.05) is 6.92 Å². The molecule has 1 amide bonds. The van der Waals surface area contributed by atoms with Gasteiger partial charge in [0.05, 0.1) is 11.9 Å². The molecule has 0 spiro atoms. The van der Waals surface area contributed by atoms with Crippen molar-refractivity contribution in [1.29, 1.82) is 0 Å². The molecule has 146 valence electrons. The highest BCUT2D eigenvalue weighted by atomic mass is 32.1. The van der Waals surface area contributed by atoms with Crippen LogP contribution in [0.4, 0.5) is 5.82 Å². The fourth-order valence-corrected chi connectivity index (χ4v) is 5.28. The smallest absolute Gasteiger partial charge is 0.234 e. The van der Waals surface area contributed by atoms with E-state index in [-0.39, 0.29) is 11.9 Å². The maximum Gasteiger partial charge on any atom is 0.234 e. The minimum atomic E-state index is 0.133. The van der Waals surface area contributed by atoms with E-state index in [1.165, 1.54) is 35.1 Å². The lowest BCUT2D eigenvalue weighted by Crippen LogP contribution is -2.50. The number of carbonyl (C=O) groups is 1. The van der Waals surface area contributed by atoms with Crippen LogP contribution in [-0.2, 0) is 17.6 Å². The number of nitrogens with zero attached hydrogens (tertiary/aromatic N) is 4. The lowest BCUT2D eigenvalue weighted by molar-refractivity contribution is -0.122. The van der Waals surface area contributed by atoms with Gasteiger partial charge in [0.2, 0.25) is 5.91 Å². The Hall–Kier alpha value is -1.73. The summed E-state index contributed by atoms with van der Waals surface area (Å²) >= 11 is 1.85. The van der Waals surface area contributed by atoms with Crippen LogP contribution < -0.4 is 10.2 Å². The second-order valence-electron chi connectivity index (χ2n) is 7.73. The zero-order chi connectivity index (χ0) is 18.8. The lowest BCUT2D eigenvalue weighted by atomic mass is 9.97. The molecule has 1 unspecified atom stereocenters. The fraction of sp³-hybridized carbons (Fsp3) is 0.650. The SMILES string of the molecule is CCC(C)NC(=O)CN1CCN(c2ncnc3sc4c(c23)CCCC4)CC1. The molecule has 0 saturated carbocycles. The van der Waals surface area contributed by atoms with Gasteiger partial charge >= 0.3 is 0 Å². The molecule has 27 heavy (non-hydrogen) atoms. The van der Waals surface area contributed by atoms with Gasteiger partial charge in [0, 0.05) is 37.1 Å². The second-order valence-corrected chi connectivity index (χ2v) is 8.81. The summed E-state index contributed by atoms with van der Waals surface area (Å²) in [6, 6.07) is 0.248. The standard InChI is InChI=1S/C20H29N5OS/c1-3-14(2)23-17(26)12-24-8-10-25(11-9-24)19-18-15-6-4-5-7-16(15)27-20(18)22-13-21-19/h13-14H,3-12H2,1-2H3,(H,23,26). The van der Waals surface area contributed by atoms with Crippen molar-refractivity contribution in [2.75, 3.05) is 37.6 Å². The van der Waals surface area contributed by atoms with Gasteiger partial charge in [0.15, 0.2) is 0 Å². The second kappa shape index (κ2) is 8.10. The summed E-state index contributed by atoms with van der Waals surface area (Å²) in [5.74, 6) is 1.23. The Morgan fingerprint density at radius 1 is 1.22 bits per heavy atom. The molecule has 0 bridgehead atoms. The highest BCUT2D eigenvalue weighted by molar-refractivity contribution is 7.19. The summed E-state index contributed by atoms with van der Waals surface area (Å²) < 4.78 is 0. The molecule has 4 rings (SSSR count). The van der Waals surface area contributed by atoms with Crippen molar-refractivity contribution in [1.82, 2.24) is 20.2 Å². The first-order valence-electron chi connectivity index (χ1n) is 10.2. The molecular weight excluding hydrogens is 358 g/mol. The topological polar surface area (TPSA) is 61.4 Å². The van der Waals surface area contributed by atoms with Crippen LogP contribution in [0.1, 0.15) is 43.6 Å². The summed E-state index contributed by atoms with van der Waals surface area (Å²) in [6.45, 7) is 8.25. The predicted molar refractivity (Wildman–Crippen MR) is 111 cm³/mol. The molecule has 1 atom stereocenters. The van der Waals surface area contributed by atoms with Crippen LogP contribution in [0.5, 0.6) is 0 Å². The van der Waals surface area contributed by atoms with Crippen molar-refractivity contribution >= 4 is 33.3 Å². The Bertz CT molecular complexity index is 812. The number of thiophene rings is 1. The third-order valence-electron chi connectivity index (χ3n) is 5.79. The van der Waals surface area contributed by atoms with E-state index >= 15 is 0 Å². The molecule has 2 aromatic heterocycles. The number of carbonyl (C=O) groups excluding carboxylic acids is 1. The normalized spacial score (nSPS) is 19.1. The van der Waals surface area contributed by atoms with Crippen LogP contribution in [0.2, 0.25) is 0 Å². The maximum atomic E-state index is 12.1. The van der Waals surface area contributed by atoms with E-state index in [4.69, 9.17) is 0 Å². The number of piperazine rings is 1. The molecule has 6 nitrogen and oxygen atoms in total. The first-order chi connectivity index (χ1) is 13.2.